The molecule has 0 unspecified atom stereocenters. The van der Waals surface area contributed by atoms with Gasteiger partial charge in [-0.1, -0.05) is 11.6 Å². The van der Waals surface area contributed by atoms with Crippen molar-refractivity contribution in [3.05, 3.63) is 82.0 Å². The van der Waals surface area contributed by atoms with Crippen molar-refractivity contribution in [1.82, 2.24) is 4.31 Å². The summed E-state index contributed by atoms with van der Waals surface area (Å²) in [5.41, 5.74) is 0.729. The first-order chi connectivity index (χ1) is 17.6. The van der Waals surface area contributed by atoms with Crippen LogP contribution in [0.4, 0.5) is 5.69 Å². The van der Waals surface area contributed by atoms with Gasteiger partial charge in [-0.2, -0.15) is 0 Å². The molecule has 1 aromatic heterocycles. The van der Waals surface area contributed by atoms with Gasteiger partial charge in [0, 0.05) is 30.4 Å². The Morgan fingerprint density at radius 3 is 2.32 bits per heavy atom. The number of amides is 1. The summed E-state index contributed by atoms with van der Waals surface area (Å²) in [6.45, 7) is -0.502. The molecule has 0 radical (unpaired) electrons. The molecule has 11 heteroatoms. The molecule has 3 aromatic carbocycles. The molecule has 0 saturated carbocycles. The molecule has 0 atom stereocenters. The van der Waals surface area contributed by atoms with Crippen LogP contribution in [0.2, 0.25) is 5.02 Å². The third kappa shape index (κ3) is 5.61. The minimum absolute atomic E-state index is 0.0864. The zero-order chi connectivity index (χ0) is 26.7. The maximum Gasteiger partial charge on any atom is 0.262 e. The van der Waals surface area contributed by atoms with Crippen molar-refractivity contribution < 1.29 is 27.1 Å². The first-order valence-electron chi connectivity index (χ1n) is 11.0. The van der Waals surface area contributed by atoms with E-state index in [2.05, 4.69) is 5.32 Å². The summed E-state index contributed by atoms with van der Waals surface area (Å²) in [5.74, 6) is 0.0513. The second-order valence-electron chi connectivity index (χ2n) is 8.11. The molecule has 0 aliphatic heterocycles. The molecule has 1 heterocycles. The van der Waals surface area contributed by atoms with Crippen LogP contribution in [-0.4, -0.2) is 46.4 Å². The SMILES string of the molecule is COc1ccc(-c2oc3ccc(Cl)cc3c(=O)c2OCC(=O)Nc2ccc(S(=O)(=O)N(C)C)cc2)cc1. The van der Waals surface area contributed by atoms with Crippen LogP contribution >= 0.6 is 11.6 Å². The van der Waals surface area contributed by atoms with E-state index in [1.54, 1.807) is 36.4 Å². The first kappa shape index (κ1) is 26.2. The third-order valence-corrected chi connectivity index (χ3v) is 7.49. The summed E-state index contributed by atoms with van der Waals surface area (Å²) in [7, 11) is 0.803. The van der Waals surface area contributed by atoms with Crippen LogP contribution in [0.5, 0.6) is 11.5 Å². The molecule has 4 aromatic rings. The van der Waals surface area contributed by atoms with Crippen LogP contribution in [-0.2, 0) is 14.8 Å². The maximum absolute atomic E-state index is 13.3. The summed E-state index contributed by atoms with van der Waals surface area (Å²) in [4.78, 5) is 26.0. The maximum atomic E-state index is 13.3. The molecule has 1 N–H and O–H groups in total. The number of hydrogen-bond donors (Lipinski definition) is 1. The van der Waals surface area contributed by atoms with Gasteiger partial charge in [0.1, 0.15) is 11.3 Å². The fourth-order valence-electron chi connectivity index (χ4n) is 3.47. The minimum Gasteiger partial charge on any atom is -0.497 e. The molecule has 4 rings (SSSR count). The number of ether oxygens (including phenoxy) is 2. The number of methoxy groups -OCH3 is 1. The van der Waals surface area contributed by atoms with E-state index in [-0.39, 0.29) is 21.8 Å². The summed E-state index contributed by atoms with van der Waals surface area (Å²) in [5, 5.41) is 3.17. The first-order valence-corrected chi connectivity index (χ1v) is 12.8. The van der Waals surface area contributed by atoms with E-state index in [0.29, 0.717) is 27.6 Å². The number of nitrogens with one attached hydrogen (secondary N) is 1. The minimum atomic E-state index is -3.60. The van der Waals surface area contributed by atoms with Gasteiger partial charge in [-0.05, 0) is 66.7 Å². The third-order valence-electron chi connectivity index (χ3n) is 5.43. The Balaban J connectivity index is 1.60. The monoisotopic (exact) mass is 542 g/mol. The molecular formula is C26H23ClN2O7S. The van der Waals surface area contributed by atoms with Gasteiger partial charge in [-0.25, -0.2) is 12.7 Å². The number of carbonyl (C=O) groups is 1. The topological polar surface area (TPSA) is 115 Å². The number of anilines is 1. The van der Waals surface area contributed by atoms with Crippen LogP contribution in [0.25, 0.3) is 22.3 Å². The van der Waals surface area contributed by atoms with Gasteiger partial charge in [-0.3, -0.25) is 9.59 Å². The van der Waals surface area contributed by atoms with Gasteiger partial charge in [0.25, 0.3) is 5.91 Å². The Morgan fingerprint density at radius 1 is 1.03 bits per heavy atom. The molecule has 1 amide bonds. The molecule has 192 valence electrons. The highest BCUT2D eigenvalue weighted by molar-refractivity contribution is 7.89. The van der Waals surface area contributed by atoms with Crippen LogP contribution in [0.3, 0.4) is 0 Å². The fraction of sp³-hybridized carbons (Fsp3) is 0.154. The number of nitrogens with zero attached hydrogens (tertiary/aromatic N) is 1. The Bertz CT molecular complexity index is 1610. The molecule has 0 bridgehead atoms. The largest absolute Gasteiger partial charge is 0.497 e. The van der Waals surface area contributed by atoms with Crippen LogP contribution < -0.4 is 20.2 Å². The lowest BCUT2D eigenvalue weighted by Gasteiger charge is -2.13. The van der Waals surface area contributed by atoms with E-state index >= 15 is 0 Å². The van der Waals surface area contributed by atoms with Gasteiger partial charge in [0.15, 0.2) is 12.4 Å². The number of halogens is 1. The predicted molar refractivity (Wildman–Crippen MR) is 141 cm³/mol. The van der Waals surface area contributed by atoms with E-state index < -0.39 is 28.0 Å². The van der Waals surface area contributed by atoms with E-state index in [9.17, 15) is 18.0 Å². The zero-order valence-corrected chi connectivity index (χ0v) is 21.7. The van der Waals surface area contributed by atoms with Crippen molar-refractivity contribution in [2.45, 2.75) is 4.90 Å². The second-order valence-corrected chi connectivity index (χ2v) is 10.7. The average molecular weight is 543 g/mol. The van der Waals surface area contributed by atoms with Crippen molar-refractivity contribution in [2.24, 2.45) is 0 Å². The predicted octanol–water partition coefficient (Wildman–Crippen LogP) is 4.39. The lowest BCUT2D eigenvalue weighted by Crippen LogP contribution is -2.23. The average Bonchev–Trinajstić information content (AvgIpc) is 2.88. The zero-order valence-electron chi connectivity index (χ0n) is 20.1. The molecule has 37 heavy (non-hydrogen) atoms. The highest BCUT2D eigenvalue weighted by Crippen LogP contribution is 2.32. The molecular weight excluding hydrogens is 520 g/mol. The Kier molecular flexibility index (Phi) is 7.53. The van der Waals surface area contributed by atoms with Crippen molar-refractivity contribution in [1.29, 1.82) is 0 Å². The summed E-state index contributed by atoms with van der Waals surface area (Å²) >= 11 is 6.07. The van der Waals surface area contributed by atoms with E-state index in [1.165, 1.54) is 51.5 Å². The summed E-state index contributed by atoms with van der Waals surface area (Å²) in [6.07, 6.45) is 0. The Hall–Kier alpha value is -3.86. The number of benzene rings is 3. The summed E-state index contributed by atoms with van der Waals surface area (Å²) in [6, 6.07) is 17.2. The van der Waals surface area contributed by atoms with Gasteiger partial charge in [0.2, 0.25) is 21.2 Å². The number of fused-ring (bicyclic) bond motifs is 1. The number of rotatable bonds is 8. The quantitative estimate of drug-likeness (QED) is 0.351. The van der Waals surface area contributed by atoms with Crippen LogP contribution in [0.1, 0.15) is 0 Å². The van der Waals surface area contributed by atoms with Gasteiger partial charge in [0.05, 0.1) is 17.4 Å². The normalized spacial score (nSPS) is 11.5. The molecule has 0 saturated heterocycles. The van der Waals surface area contributed by atoms with E-state index in [0.717, 1.165) is 4.31 Å². The van der Waals surface area contributed by atoms with Crippen molar-refractivity contribution >= 4 is 44.2 Å². The number of hydrogen-bond acceptors (Lipinski definition) is 7. The van der Waals surface area contributed by atoms with Crippen molar-refractivity contribution in [2.75, 3.05) is 33.1 Å². The fourth-order valence-corrected chi connectivity index (χ4v) is 4.54. The van der Waals surface area contributed by atoms with Gasteiger partial charge >= 0.3 is 0 Å². The standard InChI is InChI=1S/C26H23ClN2O7S/c1-29(2)37(32,33)20-11-7-18(8-12-20)28-23(30)15-35-26-24(31)21-14-17(27)6-13-22(21)36-25(26)16-4-9-19(34-3)10-5-16/h4-14H,15H2,1-3H3,(H,28,30). The molecule has 0 aliphatic rings. The number of carbonyl (C=O) groups excluding carboxylic acids is 1. The highest BCUT2D eigenvalue weighted by Gasteiger charge is 2.20. The van der Waals surface area contributed by atoms with Crippen molar-refractivity contribution in [3.8, 4) is 22.8 Å². The molecule has 9 nitrogen and oxygen atoms in total. The summed E-state index contributed by atoms with van der Waals surface area (Å²) < 4.78 is 42.4. The van der Waals surface area contributed by atoms with Crippen LogP contribution in [0, 0.1) is 0 Å². The highest BCUT2D eigenvalue weighted by atomic mass is 35.5. The van der Waals surface area contributed by atoms with Gasteiger partial charge < -0.3 is 19.2 Å². The molecule has 0 fully saturated rings. The smallest absolute Gasteiger partial charge is 0.262 e. The lowest BCUT2D eigenvalue weighted by molar-refractivity contribution is -0.118. The lowest BCUT2D eigenvalue weighted by atomic mass is 10.1. The Morgan fingerprint density at radius 2 is 1.70 bits per heavy atom. The van der Waals surface area contributed by atoms with E-state index in [4.69, 9.17) is 25.5 Å². The molecule has 0 aliphatic carbocycles. The van der Waals surface area contributed by atoms with Crippen molar-refractivity contribution in [3.63, 3.8) is 0 Å². The second kappa shape index (κ2) is 10.6. The number of sulfonamides is 1. The van der Waals surface area contributed by atoms with E-state index in [1.807, 2.05) is 0 Å². The Labute approximate surface area is 218 Å². The molecule has 0 spiro atoms. The van der Waals surface area contributed by atoms with Gasteiger partial charge in [-0.15, -0.1) is 0 Å². The van der Waals surface area contributed by atoms with Crippen LogP contribution in [0.15, 0.2) is 80.8 Å².